The van der Waals surface area contributed by atoms with Crippen LogP contribution < -0.4 is 5.32 Å². The molecule has 0 radical (unpaired) electrons. The summed E-state index contributed by atoms with van der Waals surface area (Å²) in [5.74, 6) is 0.644. The van der Waals surface area contributed by atoms with Crippen LogP contribution in [0.5, 0.6) is 0 Å². The van der Waals surface area contributed by atoms with E-state index in [9.17, 15) is 4.79 Å². The van der Waals surface area contributed by atoms with Gasteiger partial charge in [-0.3, -0.25) is 9.48 Å². The summed E-state index contributed by atoms with van der Waals surface area (Å²) in [5, 5.41) is 7.95. The Hall–Kier alpha value is -1.36. The van der Waals surface area contributed by atoms with Gasteiger partial charge in [-0.1, -0.05) is 0 Å². The molecule has 1 saturated carbocycles. The van der Waals surface area contributed by atoms with E-state index >= 15 is 0 Å². The maximum Gasteiger partial charge on any atom is 0.274 e. The first kappa shape index (κ1) is 14.6. The van der Waals surface area contributed by atoms with Gasteiger partial charge in [-0.05, 0) is 52.6 Å². The Labute approximate surface area is 126 Å². The maximum absolute atomic E-state index is 12.7. The number of hydrogen-bond donors (Lipinski definition) is 1. The second kappa shape index (κ2) is 5.13. The number of aromatic nitrogens is 2. The molecule has 0 aromatic carbocycles. The predicted octanol–water partition coefficient (Wildman–Crippen LogP) is 1.95. The molecule has 1 saturated heterocycles. The zero-order valence-corrected chi connectivity index (χ0v) is 13.5. The van der Waals surface area contributed by atoms with Crippen LogP contribution in [0, 0.1) is 0 Å². The summed E-state index contributed by atoms with van der Waals surface area (Å²) >= 11 is 0. The number of hydrogen-bond acceptors (Lipinski definition) is 3. The Morgan fingerprint density at radius 2 is 2.10 bits per heavy atom. The lowest BCUT2D eigenvalue weighted by atomic mass is 10.1. The molecular weight excluding hydrogens is 264 g/mol. The summed E-state index contributed by atoms with van der Waals surface area (Å²) in [6.45, 7) is 8.31. The number of nitrogens with one attached hydrogen (secondary N) is 1. The van der Waals surface area contributed by atoms with Crippen molar-refractivity contribution in [1.29, 1.82) is 0 Å². The van der Waals surface area contributed by atoms with Gasteiger partial charge in [-0.2, -0.15) is 5.10 Å². The number of carbonyl (C=O) groups is 1. The Bertz CT molecular complexity index is 533. The fourth-order valence-corrected chi connectivity index (χ4v) is 3.02. The minimum Gasteiger partial charge on any atom is -0.336 e. The van der Waals surface area contributed by atoms with E-state index < -0.39 is 0 Å². The third-order valence-corrected chi connectivity index (χ3v) is 4.49. The molecule has 2 heterocycles. The highest BCUT2D eigenvalue weighted by Crippen LogP contribution is 2.41. The van der Waals surface area contributed by atoms with Gasteiger partial charge in [-0.15, -0.1) is 0 Å². The number of amides is 1. The average molecular weight is 290 g/mol. The topological polar surface area (TPSA) is 50.2 Å². The third-order valence-electron chi connectivity index (χ3n) is 4.49. The SMILES string of the molecule is CN(C(=O)c1cc(C2CC2)n(C(C)(C)C)n1)C1CCNC1. The lowest BCUT2D eigenvalue weighted by Crippen LogP contribution is -2.38. The summed E-state index contributed by atoms with van der Waals surface area (Å²) in [6, 6.07) is 2.31. The Kier molecular flexibility index (Phi) is 3.56. The normalized spacial score (nSPS) is 22.6. The molecule has 1 aromatic heterocycles. The van der Waals surface area contributed by atoms with Crippen molar-refractivity contribution < 1.29 is 4.79 Å². The fourth-order valence-electron chi connectivity index (χ4n) is 3.02. The summed E-state index contributed by atoms with van der Waals surface area (Å²) < 4.78 is 2.05. The summed E-state index contributed by atoms with van der Waals surface area (Å²) in [5.41, 5.74) is 1.74. The van der Waals surface area contributed by atoms with Gasteiger partial charge >= 0.3 is 0 Å². The van der Waals surface area contributed by atoms with Crippen molar-refractivity contribution in [1.82, 2.24) is 20.0 Å². The summed E-state index contributed by atoms with van der Waals surface area (Å²) in [6.07, 6.45) is 3.47. The van der Waals surface area contributed by atoms with Crippen LogP contribution in [-0.4, -0.2) is 46.8 Å². The van der Waals surface area contributed by atoms with Crippen molar-refractivity contribution >= 4 is 5.91 Å². The van der Waals surface area contributed by atoms with E-state index in [0.29, 0.717) is 17.7 Å². The number of rotatable bonds is 3. The molecule has 3 rings (SSSR count). The zero-order chi connectivity index (χ0) is 15.2. The molecule has 5 heteroatoms. The highest BCUT2D eigenvalue weighted by Gasteiger charge is 2.34. The van der Waals surface area contributed by atoms with Crippen molar-refractivity contribution in [3.63, 3.8) is 0 Å². The van der Waals surface area contributed by atoms with Crippen LogP contribution in [-0.2, 0) is 5.54 Å². The van der Waals surface area contributed by atoms with Gasteiger partial charge in [0.15, 0.2) is 5.69 Å². The molecule has 21 heavy (non-hydrogen) atoms. The molecule has 1 atom stereocenters. The van der Waals surface area contributed by atoms with Gasteiger partial charge < -0.3 is 10.2 Å². The molecule has 1 aliphatic carbocycles. The number of likely N-dealkylation sites (N-methyl/N-ethyl adjacent to an activating group) is 1. The standard InChI is InChI=1S/C16H26N4O/c1-16(2,3)20-14(11-5-6-11)9-13(18-20)15(21)19(4)12-7-8-17-10-12/h9,11-12,17H,5-8,10H2,1-4H3. The molecule has 2 fully saturated rings. The number of carbonyl (C=O) groups excluding carboxylic acids is 1. The highest BCUT2D eigenvalue weighted by molar-refractivity contribution is 5.92. The molecule has 1 N–H and O–H groups in total. The van der Waals surface area contributed by atoms with Crippen LogP contribution in [0.4, 0.5) is 0 Å². The van der Waals surface area contributed by atoms with Crippen LogP contribution in [0.15, 0.2) is 6.07 Å². The second-order valence-corrected chi connectivity index (χ2v) is 7.37. The van der Waals surface area contributed by atoms with Gasteiger partial charge in [0.1, 0.15) is 0 Å². The molecule has 2 aliphatic rings. The van der Waals surface area contributed by atoms with Crippen LogP contribution in [0.3, 0.4) is 0 Å². The van der Waals surface area contributed by atoms with E-state index in [-0.39, 0.29) is 11.4 Å². The van der Waals surface area contributed by atoms with Crippen LogP contribution in [0.25, 0.3) is 0 Å². The smallest absolute Gasteiger partial charge is 0.274 e. The molecule has 1 amide bonds. The first-order valence-corrected chi connectivity index (χ1v) is 7.96. The molecule has 1 aromatic rings. The summed E-state index contributed by atoms with van der Waals surface area (Å²) in [7, 11) is 1.90. The molecule has 5 nitrogen and oxygen atoms in total. The highest BCUT2D eigenvalue weighted by atomic mass is 16.2. The third kappa shape index (κ3) is 2.84. The number of nitrogens with zero attached hydrogens (tertiary/aromatic N) is 3. The summed E-state index contributed by atoms with van der Waals surface area (Å²) in [4.78, 5) is 14.5. The van der Waals surface area contributed by atoms with Crippen LogP contribution >= 0.6 is 0 Å². The van der Waals surface area contributed by atoms with E-state index in [4.69, 9.17) is 0 Å². The minimum atomic E-state index is -0.0794. The van der Waals surface area contributed by atoms with Crippen molar-refractivity contribution in [2.45, 2.75) is 57.5 Å². The van der Waals surface area contributed by atoms with E-state index in [2.05, 4.69) is 35.9 Å². The van der Waals surface area contributed by atoms with Crippen molar-refractivity contribution in [3.05, 3.63) is 17.5 Å². The Morgan fingerprint density at radius 1 is 1.38 bits per heavy atom. The quantitative estimate of drug-likeness (QED) is 0.925. The van der Waals surface area contributed by atoms with E-state index in [0.717, 1.165) is 19.5 Å². The zero-order valence-electron chi connectivity index (χ0n) is 13.5. The monoisotopic (exact) mass is 290 g/mol. The van der Waals surface area contributed by atoms with Gasteiger partial charge in [0, 0.05) is 31.2 Å². The van der Waals surface area contributed by atoms with E-state index in [1.807, 2.05) is 18.0 Å². The predicted molar refractivity (Wildman–Crippen MR) is 82.6 cm³/mol. The molecule has 0 spiro atoms. The first-order chi connectivity index (χ1) is 9.88. The van der Waals surface area contributed by atoms with E-state index in [1.54, 1.807) is 0 Å². The first-order valence-electron chi connectivity index (χ1n) is 7.96. The van der Waals surface area contributed by atoms with Crippen LogP contribution in [0.1, 0.15) is 62.1 Å². The molecule has 0 bridgehead atoms. The van der Waals surface area contributed by atoms with Crippen molar-refractivity contribution in [3.8, 4) is 0 Å². The lowest BCUT2D eigenvalue weighted by Gasteiger charge is -2.23. The lowest BCUT2D eigenvalue weighted by molar-refractivity contribution is 0.0736. The Balaban J connectivity index is 1.86. The fraction of sp³-hybridized carbons (Fsp3) is 0.750. The van der Waals surface area contributed by atoms with Gasteiger partial charge in [0.05, 0.1) is 5.54 Å². The maximum atomic E-state index is 12.7. The molecule has 116 valence electrons. The second-order valence-electron chi connectivity index (χ2n) is 7.37. The largest absolute Gasteiger partial charge is 0.336 e. The minimum absolute atomic E-state index is 0.0496. The Morgan fingerprint density at radius 3 is 2.62 bits per heavy atom. The van der Waals surface area contributed by atoms with Gasteiger partial charge in [0.2, 0.25) is 0 Å². The molecular formula is C16H26N4O. The molecule has 1 aliphatic heterocycles. The molecule has 1 unspecified atom stereocenters. The van der Waals surface area contributed by atoms with Gasteiger partial charge in [-0.25, -0.2) is 0 Å². The van der Waals surface area contributed by atoms with E-state index in [1.165, 1.54) is 18.5 Å². The van der Waals surface area contributed by atoms with Gasteiger partial charge in [0.25, 0.3) is 5.91 Å². The van der Waals surface area contributed by atoms with Crippen molar-refractivity contribution in [2.24, 2.45) is 0 Å². The average Bonchev–Trinajstić information content (AvgIpc) is 2.95. The van der Waals surface area contributed by atoms with Crippen LogP contribution in [0.2, 0.25) is 0 Å². The van der Waals surface area contributed by atoms with Crippen molar-refractivity contribution in [2.75, 3.05) is 20.1 Å².